The maximum atomic E-state index is 12.6. The number of carbonyl (C=O) groups is 2. The first-order chi connectivity index (χ1) is 15.7. The largest absolute Gasteiger partial charge is 0.423 e. The van der Waals surface area contributed by atoms with Crippen LogP contribution >= 0.6 is 0 Å². The highest BCUT2D eigenvalue weighted by Crippen LogP contribution is 2.24. The molecule has 0 atom stereocenters. The monoisotopic (exact) mass is 446 g/mol. The van der Waals surface area contributed by atoms with Crippen LogP contribution in [0.4, 0.5) is 0 Å². The first kappa shape index (κ1) is 23.9. The zero-order valence-electron chi connectivity index (χ0n) is 18.8. The van der Waals surface area contributed by atoms with Crippen LogP contribution in [-0.4, -0.2) is 25.0 Å². The summed E-state index contributed by atoms with van der Waals surface area (Å²) in [6, 6.07) is 14.2. The second-order valence-electron chi connectivity index (χ2n) is 7.87. The van der Waals surface area contributed by atoms with Crippen molar-refractivity contribution in [3.05, 3.63) is 88.8 Å². The van der Waals surface area contributed by atoms with Crippen LogP contribution in [0.5, 0.6) is 5.75 Å². The Labute approximate surface area is 192 Å². The first-order valence-corrected chi connectivity index (χ1v) is 10.6. The zero-order chi connectivity index (χ0) is 24.0. The van der Waals surface area contributed by atoms with Gasteiger partial charge in [0, 0.05) is 17.6 Å². The molecule has 1 heterocycles. The lowest BCUT2D eigenvalue weighted by molar-refractivity contribution is -0.130. The molecule has 0 aliphatic heterocycles. The molecule has 6 heteroatoms. The Balaban J connectivity index is 1.68. The molecular formula is C27H26O6. The topological polar surface area (TPSA) is 82.8 Å². The highest BCUT2D eigenvalue weighted by molar-refractivity contribution is 5.95. The van der Waals surface area contributed by atoms with Crippen molar-refractivity contribution in [2.24, 2.45) is 0 Å². The lowest BCUT2D eigenvalue weighted by Gasteiger charge is -2.07. The van der Waals surface area contributed by atoms with E-state index in [-0.39, 0.29) is 12.4 Å². The van der Waals surface area contributed by atoms with Crippen molar-refractivity contribution < 1.29 is 23.5 Å². The van der Waals surface area contributed by atoms with E-state index < -0.39 is 11.6 Å². The lowest BCUT2D eigenvalue weighted by Crippen LogP contribution is -2.10. The molecule has 1 aromatic heterocycles. The molecule has 0 N–H and O–H groups in total. The van der Waals surface area contributed by atoms with Gasteiger partial charge < -0.3 is 13.9 Å². The SMILES string of the molecule is C=C(C)C(=O)COCCCc1ccc2cc(-c3ccc(OC(=O)C(=C)C)cc3)c(=O)oc2c1. The molecule has 3 aromatic rings. The molecule has 0 spiro atoms. The van der Waals surface area contributed by atoms with E-state index >= 15 is 0 Å². The number of rotatable bonds is 10. The van der Waals surface area contributed by atoms with Gasteiger partial charge in [-0.3, -0.25) is 4.79 Å². The second-order valence-corrected chi connectivity index (χ2v) is 7.87. The van der Waals surface area contributed by atoms with Crippen molar-refractivity contribution in [3.8, 4) is 16.9 Å². The second kappa shape index (κ2) is 10.7. The van der Waals surface area contributed by atoms with Gasteiger partial charge in [0.15, 0.2) is 5.78 Å². The van der Waals surface area contributed by atoms with E-state index in [1.54, 1.807) is 44.2 Å². The van der Waals surface area contributed by atoms with Crippen LogP contribution < -0.4 is 10.4 Å². The normalized spacial score (nSPS) is 10.7. The van der Waals surface area contributed by atoms with E-state index in [9.17, 15) is 14.4 Å². The molecule has 0 bridgehead atoms. The molecule has 0 saturated carbocycles. The Kier molecular flexibility index (Phi) is 7.74. The van der Waals surface area contributed by atoms with Crippen LogP contribution in [0, 0.1) is 0 Å². The third-order valence-electron chi connectivity index (χ3n) is 4.99. The van der Waals surface area contributed by atoms with Gasteiger partial charge in [0.05, 0.1) is 5.56 Å². The van der Waals surface area contributed by atoms with Crippen molar-refractivity contribution in [1.82, 2.24) is 0 Å². The molecule has 0 aliphatic carbocycles. The summed E-state index contributed by atoms with van der Waals surface area (Å²) in [5.74, 6) is -0.231. The summed E-state index contributed by atoms with van der Waals surface area (Å²) in [7, 11) is 0. The molecule has 0 saturated heterocycles. The number of hydrogen-bond donors (Lipinski definition) is 0. The van der Waals surface area contributed by atoms with Crippen LogP contribution in [0.3, 0.4) is 0 Å². The number of aryl methyl sites for hydroxylation is 1. The van der Waals surface area contributed by atoms with Crippen LogP contribution in [0.25, 0.3) is 22.1 Å². The standard InChI is InChI=1S/C27H26O6/c1-17(2)24(28)16-31-13-5-6-19-7-8-21-15-23(27(30)33-25(21)14-19)20-9-11-22(12-10-20)32-26(29)18(3)4/h7-12,14-15H,1,3,5-6,13,16H2,2,4H3. The fourth-order valence-corrected chi connectivity index (χ4v) is 3.08. The third kappa shape index (κ3) is 6.37. The van der Waals surface area contributed by atoms with Gasteiger partial charge in [0.1, 0.15) is 17.9 Å². The molecule has 6 nitrogen and oxygen atoms in total. The van der Waals surface area contributed by atoms with Gasteiger partial charge >= 0.3 is 11.6 Å². The van der Waals surface area contributed by atoms with E-state index in [0.29, 0.717) is 40.2 Å². The van der Waals surface area contributed by atoms with Crippen molar-refractivity contribution in [2.45, 2.75) is 26.7 Å². The summed E-state index contributed by atoms with van der Waals surface area (Å²) in [5, 5.41) is 0.800. The molecule has 3 rings (SSSR count). The van der Waals surface area contributed by atoms with Gasteiger partial charge in [-0.2, -0.15) is 0 Å². The van der Waals surface area contributed by atoms with E-state index in [4.69, 9.17) is 13.9 Å². The number of Topliss-reactive ketones (excluding diaryl/α,β-unsaturated/α-hetero) is 1. The molecular weight excluding hydrogens is 420 g/mol. The van der Waals surface area contributed by atoms with Crippen molar-refractivity contribution in [1.29, 1.82) is 0 Å². The number of ketones is 1. The molecule has 2 aromatic carbocycles. The fourth-order valence-electron chi connectivity index (χ4n) is 3.08. The average Bonchev–Trinajstić information content (AvgIpc) is 2.78. The predicted molar refractivity (Wildman–Crippen MR) is 127 cm³/mol. The number of esters is 1. The summed E-state index contributed by atoms with van der Waals surface area (Å²) in [6.45, 7) is 10.9. The van der Waals surface area contributed by atoms with E-state index in [1.165, 1.54) is 0 Å². The van der Waals surface area contributed by atoms with E-state index in [1.807, 2.05) is 18.2 Å². The first-order valence-electron chi connectivity index (χ1n) is 10.6. The smallest absolute Gasteiger partial charge is 0.344 e. The number of ether oxygens (including phenoxy) is 2. The summed E-state index contributed by atoms with van der Waals surface area (Å²) in [4.78, 5) is 35.7. The van der Waals surface area contributed by atoms with Gasteiger partial charge in [-0.05, 0) is 67.7 Å². The minimum Gasteiger partial charge on any atom is -0.423 e. The van der Waals surface area contributed by atoms with Crippen LogP contribution in [0.1, 0.15) is 25.8 Å². The third-order valence-corrected chi connectivity index (χ3v) is 4.99. The van der Waals surface area contributed by atoms with Crippen molar-refractivity contribution >= 4 is 22.7 Å². The number of hydrogen-bond acceptors (Lipinski definition) is 6. The molecule has 170 valence electrons. The lowest BCUT2D eigenvalue weighted by atomic mass is 10.0. The van der Waals surface area contributed by atoms with Gasteiger partial charge in [0.2, 0.25) is 0 Å². The molecule has 0 aliphatic rings. The minimum absolute atomic E-state index is 0.0437. The summed E-state index contributed by atoms with van der Waals surface area (Å²) in [6.07, 6.45) is 1.46. The Morgan fingerprint density at radius 1 is 0.970 bits per heavy atom. The summed E-state index contributed by atoms with van der Waals surface area (Å²) < 4.78 is 16.1. The quantitative estimate of drug-likeness (QED) is 0.143. The highest BCUT2D eigenvalue weighted by Gasteiger charge is 2.10. The van der Waals surface area contributed by atoms with Gasteiger partial charge in [-0.1, -0.05) is 37.4 Å². The highest BCUT2D eigenvalue weighted by atomic mass is 16.5. The minimum atomic E-state index is -0.504. The molecule has 0 unspecified atom stereocenters. The number of carbonyl (C=O) groups excluding carboxylic acids is 2. The average molecular weight is 446 g/mol. The van der Waals surface area contributed by atoms with E-state index in [0.717, 1.165) is 23.8 Å². The molecule has 33 heavy (non-hydrogen) atoms. The molecule has 0 radical (unpaired) electrons. The van der Waals surface area contributed by atoms with Crippen LogP contribution in [0.15, 0.2) is 82.0 Å². The van der Waals surface area contributed by atoms with Crippen LogP contribution in [-0.2, 0) is 20.7 Å². The van der Waals surface area contributed by atoms with Gasteiger partial charge in [0.25, 0.3) is 0 Å². The fraction of sp³-hybridized carbons (Fsp3) is 0.222. The van der Waals surface area contributed by atoms with Crippen molar-refractivity contribution in [2.75, 3.05) is 13.2 Å². The Bertz CT molecular complexity index is 1260. The zero-order valence-corrected chi connectivity index (χ0v) is 18.8. The maximum Gasteiger partial charge on any atom is 0.344 e. The molecule has 0 fully saturated rings. The summed E-state index contributed by atoms with van der Waals surface area (Å²) >= 11 is 0. The van der Waals surface area contributed by atoms with Gasteiger partial charge in [-0.15, -0.1) is 0 Å². The van der Waals surface area contributed by atoms with Crippen LogP contribution in [0.2, 0.25) is 0 Å². The van der Waals surface area contributed by atoms with E-state index in [2.05, 4.69) is 13.2 Å². The Hall–Kier alpha value is -3.77. The maximum absolute atomic E-state index is 12.6. The number of benzene rings is 2. The van der Waals surface area contributed by atoms with Gasteiger partial charge in [-0.25, -0.2) is 9.59 Å². The number of fused-ring (bicyclic) bond motifs is 1. The summed E-state index contributed by atoms with van der Waals surface area (Å²) in [5.41, 5.74) is 2.94. The molecule has 0 amide bonds. The predicted octanol–water partition coefficient (Wildman–Crippen LogP) is 5.04. The Morgan fingerprint density at radius 2 is 1.70 bits per heavy atom. The van der Waals surface area contributed by atoms with Crippen molar-refractivity contribution in [3.63, 3.8) is 0 Å². The Morgan fingerprint density at radius 3 is 2.36 bits per heavy atom.